The molecular formula is C12H24N4S. The first-order valence-electron chi connectivity index (χ1n) is 6.24. The number of hydrazine groups is 1. The van der Waals surface area contributed by atoms with E-state index in [2.05, 4.69) is 49.6 Å². The van der Waals surface area contributed by atoms with Crippen molar-refractivity contribution in [2.45, 2.75) is 58.9 Å². The van der Waals surface area contributed by atoms with Gasteiger partial charge in [-0.3, -0.25) is 11.3 Å². The number of aromatic nitrogens is 2. The van der Waals surface area contributed by atoms with Crippen LogP contribution in [0.15, 0.2) is 0 Å². The molecule has 0 saturated heterocycles. The van der Waals surface area contributed by atoms with Crippen molar-refractivity contribution in [3.63, 3.8) is 0 Å². The molecule has 1 aromatic rings. The summed E-state index contributed by atoms with van der Waals surface area (Å²) in [6.45, 7) is 10.9. The summed E-state index contributed by atoms with van der Waals surface area (Å²) in [4.78, 5) is 1.19. The molecule has 1 atom stereocenters. The lowest BCUT2D eigenvalue weighted by atomic mass is 9.86. The van der Waals surface area contributed by atoms with Gasteiger partial charge in [-0.2, -0.15) is 0 Å². The molecule has 1 aromatic heterocycles. The number of nitrogens with two attached hydrogens (primary N) is 1. The SMILES string of the molecule is CCC(CC)C(NN)c1snnc1C(C)(C)C. The Morgan fingerprint density at radius 1 is 1.29 bits per heavy atom. The predicted molar refractivity (Wildman–Crippen MR) is 72.7 cm³/mol. The lowest BCUT2D eigenvalue weighted by molar-refractivity contribution is 0.344. The zero-order valence-electron chi connectivity index (χ0n) is 11.4. The van der Waals surface area contributed by atoms with E-state index in [4.69, 9.17) is 5.84 Å². The summed E-state index contributed by atoms with van der Waals surface area (Å²) in [6, 6.07) is 0.166. The van der Waals surface area contributed by atoms with Gasteiger partial charge in [-0.25, -0.2) is 0 Å². The molecule has 0 aliphatic heterocycles. The minimum atomic E-state index is 0.0173. The van der Waals surface area contributed by atoms with Gasteiger partial charge >= 0.3 is 0 Å². The van der Waals surface area contributed by atoms with Gasteiger partial charge < -0.3 is 0 Å². The van der Waals surface area contributed by atoms with Crippen LogP contribution in [0.25, 0.3) is 0 Å². The molecule has 0 fully saturated rings. The molecule has 1 unspecified atom stereocenters. The Hall–Kier alpha value is -0.520. The third kappa shape index (κ3) is 3.24. The minimum absolute atomic E-state index is 0.0173. The van der Waals surface area contributed by atoms with Crippen LogP contribution >= 0.6 is 11.5 Å². The highest BCUT2D eigenvalue weighted by Gasteiger charge is 2.29. The topological polar surface area (TPSA) is 63.8 Å². The van der Waals surface area contributed by atoms with Gasteiger partial charge in [0.05, 0.1) is 16.6 Å². The van der Waals surface area contributed by atoms with Crippen LogP contribution < -0.4 is 11.3 Å². The van der Waals surface area contributed by atoms with Gasteiger partial charge in [0.15, 0.2) is 0 Å². The quantitative estimate of drug-likeness (QED) is 0.628. The van der Waals surface area contributed by atoms with Crippen molar-refractivity contribution in [3.8, 4) is 0 Å². The summed E-state index contributed by atoms with van der Waals surface area (Å²) in [5, 5.41) is 4.28. The third-order valence-corrected chi connectivity index (χ3v) is 4.01. The van der Waals surface area contributed by atoms with Crippen LogP contribution in [0.4, 0.5) is 0 Å². The molecule has 1 heterocycles. The maximum atomic E-state index is 5.73. The molecule has 0 saturated carbocycles. The van der Waals surface area contributed by atoms with Crippen LogP contribution in [0.1, 0.15) is 64.1 Å². The average molecular weight is 256 g/mol. The summed E-state index contributed by atoms with van der Waals surface area (Å²) in [7, 11) is 0. The second kappa shape index (κ2) is 5.89. The van der Waals surface area contributed by atoms with Crippen LogP contribution in [0.5, 0.6) is 0 Å². The van der Waals surface area contributed by atoms with Crippen molar-refractivity contribution in [2.75, 3.05) is 0 Å². The minimum Gasteiger partial charge on any atom is -0.271 e. The van der Waals surface area contributed by atoms with Crippen LogP contribution in [-0.4, -0.2) is 9.59 Å². The van der Waals surface area contributed by atoms with Crippen molar-refractivity contribution in [1.29, 1.82) is 0 Å². The molecular weight excluding hydrogens is 232 g/mol. The first-order valence-corrected chi connectivity index (χ1v) is 7.01. The van der Waals surface area contributed by atoms with Crippen molar-refractivity contribution in [2.24, 2.45) is 11.8 Å². The molecule has 98 valence electrons. The van der Waals surface area contributed by atoms with E-state index in [0.717, 1.165) is 18.5 Å². The lowest BCUT2D eigenvalue weighted by Gasteiger charge is -2.26. The zero-order chi connectivity index (χ0) is 13.1. The van der Waals surface area contributed by atoms with Gasteiger partial charge in [0.1, 0.15) is 0 Å². The van der Waals surface area contributed by atoms with Gasteiger partial charge in [-0.05, 0) is 17.5 Å². The highest BCUT2D eigenvalue weighted by molar-refractivity contribution is 7.05. The fraction of sp³-hybridized carbons (Fsp3) is 0.833. The molecule has 0 spiro atoms. The first kappa shape index (κ1) is 14.5. The van der Waals surface area contributed by atoms with Crippen molar-refractivity contribution >= 4 is 11.5 Å². The number of nitrogens with zero attached hydrogens (tertiary/aromatic N) is 2. The monoisotopic (exact) mass is 256 g/mol. The molecule has 1 rings (SSSR count). The number of rotatable bonds is 5. The molecule has 0 amide bonds. The first-order chi connectivity index (χ1) is 7.95. The van der Waals surface area contributed by atoms with Crippen molar-refractivity contribution in [3.05, 3.63) is 10.6 Å². The summed E-state index contributed by atoms with van der Waals surface area (Å²) in [5.74, 6) is 6.26. The summed E-state index contributed by atoms with van der Waals surface area (Å²) in [5.41, 5.74) is 4.03. The molecule has 0 aromatic carbocycles. The molecule has 17 heavy (non-hydrogen) atoms. The summed E-state index contributed by atoms with van der Waals surface area (Å²) < 4.78 is 4.10. The maximum absolute atomic E-state index is 5.73. The molecule has 5 heteroatoms. The molecule has 0 aliphatic rings. The lowest BCUT2D eigenvalue weighted by Crippen LogP contribution is -2.34. The number of hydrogen-bond acceptors (Lipinski definition) is 5. The Morgan fingerprint density at radius 3 is 2.29 bits per heavy atom. The Bertz CT molecular complexity index is 339. The highest BCUT2D eigenvalue weighted by atomic mass is 32.1. The Labute approximate surface area is 108 Å². The van der Waals surface area contributed by atoms with Crippen LogP contribution in [0.3, 0.4) is 0 Å². The summed E-state index contributed by atoms with van der Waals surface area (Å²) in [6.07, 6.45) is 2.21. The Kier molecular flexibility index (Phi) is 5.04. The third-order valence-electron chi connectivity index (χ3n) is 3.21. The number of nitrogens with one attached hydrogen (secondary N) is 1. The van der Waals surface area contributed by atoms with E-state index < -0.39 is 0 Å². The smallest absolute Gasteiger partial charge is 0.0857 e. The van der Waals surface area contributed by atoms with E-state index in [1.165, 1.54) is 16.4 Å². The second-order valence-corrected chi connectivity index (χ2v) is 6.24. The fourth-order valence-electron chi connectivity index (χ4n) is 2.11. The maximum Gasteiger partial charge on any atom is 0.0857 e. The highest BCUT2D eigenvalue weighted by Crippen LogP contribution is 2.35. The molecule has 0 radical (unpaired) electrons. The molecule has 3 N–H and O–H groups in total. The van der Waals surface area contributed by atoms with Crippen LogP contribution in [-0.2, 0) is 5.41 Å². The van der Waals surface area contributed by atoms with Gasteiger partial charge in [0.2, 0.25) is 0 Å². The zero-order valence-corrected chi connectivity index (χ0v) is 12.3. The van der Waals surface area contributed by atoms with Crippen LogP contribution in [0, 0.1) is 5.92 Å². The van der Waals surface area contributed by atoms with E-state index in [9.17, 15) is 0 Å². The Balaban J connectivity index is 3.08. The second-order valence-electron chi connectivity index (χ2n) is 5.46. The van der Waals surface area contributed by atoms with E-state index in [1.807, 2.05) is 0 Å². The van der Waals surface area contributed by atoms with Gasteiger partial charge in [0.25, 0.3) is 0 Å². The normalized spacial score (nSPS) is 14.3. The molecule has 0 bridgehead atoms. The van der Waals surface area contributed by atoms with Gasteiger partial charge in [0, 0.05) is 5.41 Å². The van der Waals surface area contributed by atoms with E-state index in [1.54, 1.807) is 0 Å². The standard InChI is InChI=1S/C12H24N4S/c1-6-8(7-2)9(14-13)10-11(12(3,4)5)15-16-17-10/h8-9,14H,6-7,13H2,1-5H3. The fourth-order valence-corrected chi connectivity index (χ4v) is 3.13. The number of hydrogen-bond donors (Lipinski definition) is 2. The van der Waals surface area contributed by atoms with E-state index >= 15 is 0 Å². The van der Waals surface area contributed by atoms with E-state index in [-0.39, 0.29) is 11.5 Å². The molecule has 0 aliphatic carbocycles. The largest absolute Gasteiger partial charge is 0.271 e. The van der Waals surface area contributed by atoms with Crippen molar-refractivity contribution < 1.29 is 0 Å². The predicted octanol–water partition coefficient (Wildman–Crippen LogP) is 2.78. The summed E-state index contributed by atoms with van der Waals surface area (Å²) >= 11 is 1.46. The van der Waals surface area contributed by atoms with Crippen molar-refractivity contribution in [1.82, 2.24) is 15.0 Å². The average Bonchev–Trinajstić information content (AvgIpc) is 2.73. The van der Waals surface area contributed by atoms with E-state index in [0.29, 0.717) is 5.92 Å². The molecule has 4 nitrogen and oxygen atoms in total. The van der Waals surface area contributed by atoms with Crippen LogP contribution in [0.2, 0.25) is 0 Å². The van der Waals surface area contributed by atoms with Gasteiger partial charge in [-0.15, -0.1) is 5.10 Å². The Morgan fingerprint density at radius 2 is 1.88 bits per heavy atom. The van der Waals surface area contributed by atoms with Gasteiger partial charge in [-0.1, -0.05) is 51.9 Å².